The Kier molecular flexibility index (Phi) is 35.3. The molecule has 7 saturated heterocycles. The molecule has 0 aromatic heterocycles. The first-order chi connectivity index (χ1) is 45.5. The average Bonchev–Trinajstić information content (AvgIpc) is 1.56. The van der Waals surface area contributed by atoms with E-state index in [1.165, 1.54) is 14.2 Å². The van der Waals surface area contributed by atoms with Crippen LogP contribution in [0.5, 0.6) is 0 Å². The highest BCUT2D eigenvalue weighted by Gasteiger charge is 2.58. The van der Waals surface area contributed by atoms with Gasteiger partial charge in [0.25, 0.3) is 0 Å². The molecule has 7 rings (SSSR count). The van der Waals surface area contributed by atoms with Gasteiger partial charge in [0, 0.05) is 42.0 Å². The number of aliphatic hydroxyl groups is 5. The van der Waals surface area contributed by atoms with E-state index >= 15 is 0 Å². The topological polar surface area (TPSA) is 294 Å². The molecule has 27 heteroatoms. The predicted molar refractivity (Wildman–Crippen MR) is 384 cm³/mol. The zero-order valence-corrected chi connectivity index (χ0v) is 70.0. The first kappa shape index (κ1) is 93.2. The van der Waals surface area contributed by atoms with Gasteiger partial charge in [-0.3, -0.25) is 0 Å². The van der Waals surface area contributed by atoms with Crippen molar-refractivity contribution < 1.29 is 120 Å². The van der Waals surface area contributed by atoms with Crippen LogP contribution in [0.1, 0.15) is 192 Å². The lowest BCUT2D eigenvalue weighted by molar-refractivity contribution is -0.317. The first-order valence-electron chi connectivity index (χ1n) is 36.4. The van der Waals surface area contributed by atoms with E-state index in [0.717, 1.165) is 0 Å². The molecular formula is C73H144O25Si2. The summed E-state index contributed by atoms with van der Waals surface area (Å²) in [5, 5.41) is 51.6. The van der Waals surface area contributed by atoms with E-state index in [4.69, 9.17) is 89.4 Å². The molecule has 7 heterocycles. The Labute approximate surface area is 604 Å². The quantitative estimate of drug-likeness (QED) is 0.0397. The van der Waals surface area contributed by atoms with Gasteiger partial charge in [0.1, 0.15) is 92.1 Å². The van der Waals surface area contributed by atoms with Crippen molar-refractivity contribution in [1.82, 2.24) is 0 Å². The van der Waals surface area contributed by atoms with Crippen LogP contribution in [0.3, 0.4) is 0 Å². The van der Waals surface area contributed by atoms with Crippen LogP contribution in [-0.2, 0) is 94.2 Å². The maximum atomic E-state index is 11.3. The van der Waals surface area contributed by atoms with Gasteiger partial charge in [-0.2, -0.15) is 0 Å². The van der Waals surface area contributed by atoms with E-state index in [2.05, 4.69) is 95.4 Å². The van der Waals surface area contributed by atoms with E-state index < -0.39 is 112 Å². The normalized spacial score (nSPS) is 32.4. The van der Waals surface area contributed by atoms with Gasteiger partial charge >= 0.3 is 5.97 Å². The molecule has 0 bridgehead atoms. The Morgan fingerprint density at radius 3 is 1.11 bits per heavy atom. The molecule has 0 radical (unpaired) electrons. The molecular weight excluding hydrogens is 1330 g/mol. The number of hydrogen-bond donors (Lipinski definition) is 5. The predicted octanol–water partition coefficient (Wildman–Crippen LogP) is 10.2. The second-order valence-corrected chi connectivity index (χ2v) is 44.5. The summed E-state index contributed by atoms with van der Waals surface area (Å²) < 4.78 is 109. The SMILES string of the molecule is CO[C@@H](C(O)CC(C)C)[C@H]1OC(C)(C)O[C@H]1CO.CO[C@@H]1[C@H]2OC(C)(C)O[C@H]2COC1(O)CC(C)C.CO[C@H]([C@H]1OC(C)(C)O[C@H]1CO[Si](C)(C)C(C)(C)C)[C@@H](O)CC(C)C.CO[C@H]([C@H]1OC(C)(C)O[C@H]1CO[Si](C)(C)C(C)(C)C)[C@H](O)CC(C)C.CO[C@H]1C(=O)OC[C@@H]2OC(C)(C)O[C@@H]21. The van der Waals surface area contributed by atoms with Crippen LogP contribution in [0, 0.1) is 23.7 Å². The monoisotopic (exact) mass is 1480 g/mol. The van der Waals surface area contributed by atoms with Crippen molar-refractivity contribution in [2.24, 2.45) is 23.7 Å². The summed E-state index contributed by atoms with van der Waals surface area (Å²) in [4.78, 5) is 11.3. The van der Waals surface area contributed by atoms with Crippen molar-refractivity contribution in [3.8, 4) is 0 Å². The minimum atomic E-state index is -1.89. The lowest BCUT2D eigenvalue weighted by Gasteiger charge is -2.43. The molecule has 7 fully saturated rings. The van der Waals surface area contributed by atoms with Crippen molar-refractivity contribution in [1.29, 1.82) is 0 Å². The third kappa shape index (κ3) is 27.3. The van der Waals surface area contributed by atoms with Crippen molar-refractivity contribution in [2.45, 2.75) is 373 Å². The molecule has 0 amide bonds. The molecule has 7 aliphatic rings. The largest absolute Gasteiger partial charge is 0.461 e. The molecule has 0 aromatic carbocycles. The van der Waals surface area contributed by atoms with Gasteiger partial charge in [-0.15, -0.1) is 0 Å². The Hall–Kier alpha value is -1.02. The zero-order valence-electron chi connectivity index (χ0n) is 68.0. The van der Waals surface area contributed by atoms with Crippen molar-refractivity contribution in [2.75, 3.05) is 68.6 Å². The summed E-state index contributed by atoms with van der Waals surface area (Å²) >= 11 is 0. The summed E-state index contributed by atoms with van der Waals surface area (Å²) in [7, 11) is 4.03. The number of esters is 1. The average molecular weight is 1480 g/mol. The maximum absolute atomic E-state index is 11.3. The fourth-order valence-corrected chi connectivity index (χ4v) is 15.0. The number of methoxy groups -OCH3 is 5. The van der Waals surface area contributed by atoms with Crippen molar-refractivity contribution in [3.63, 3.8) is 0 Å². The minimum absolute atomic E-state index is 0.134. The van der Waals surface area contributed by atoms with Crippen LogP contribution in [0.15, 0.2) is 0 Å². The van der Waals surface area contributed by atoms with Gasteiger partial charge in [0.15, 0.2) is 57.5 Å². The molecule has 100 heavy (non-hydrogen) atoms. The van der Waals surface area contributed by atoms with Gasteiger partial charge in [0.05, 0.1) is 44.7 Å². The second kappa shape index (κ2) is 37.9. The fraction of sp³-hybridized carbons (Fsp3) is 0.986. The number of carbonyl (C=O) groups is 1. The maximum Gasteiger partial charge on any atom is 0.338 e. The molecule has 0 spiro atoms. The van der Waals surface area contributed by atoms with E-state index in [0.29, 0.717) is 69.2 Å². The van der Waals surface area contributed by atoms with Crippen molar-refractivity contribution in [3.05, 3.63) is 0 Å². The number of hydrogen-bond acceptors (Lipinski definition) is 25. The highest BCUT2D eigenvalue weighted by molar-refractivity contribution is 6.74. The van der Waals surface area contributed by atoms with E-state index in [1.807, 2.05) is 83.1 Å². The molecule has 19 atom stereocenters. The van der Waals surface area contributed by atoms with Crippen LogP contribution in [0.4, 0.5) is 0 Å². The van der Waals surface area contributed by atoms with Gasteiger partial charge < -0.3 is 115 Å². The van der Waals surface area contributed by atoms with Crippen molar-refractivity contribution >= 4 is 22.6 Å². The van der Waals surface area contributed by atoms with Gasteiger partial charge in [-0.1, -0.05) is 96.9 Å². The van der Waals surface area contributed by atoms with Gasteiger partial charge in [-0.25, -0.2) is 4.79 Å². The molecule has 0 aromatic rings. The molecule has 0 aliphatic carbocycles. The highest BCUT2D eigenvalue weighted by Crippen LogP contribution is 2.44. The molecule has 7 aliphatic heterocycles. The summed E-state index contributed by atoms with van der Waals surface area (Å²) in [5.41, 5.74) is 0. The number of cyclic esters (lactones) is 1. The smallest absolute Gasteiger partial charge is 0.338 e. The van der Waals surface area contributed by atoms with E-state index in [1.54, 1.807) is 35.2 Å². The lowest BCUT2D eigenvalue weighted by Crippen LogP contribution is -2.61. The lowest BCUT2D eigenvalue weighted by atomic mass is 9.90. The Morgan fingerprint density at radius 2 is 0.800 bits per heavy atom. The van der Waals surface area contributed by atoms with E-state index in [-0.39, 0.29) is 78.1 Å². The Balaban J connectivity index is 0.000000330. The number of aliphatic hydroxyl groups excluding tert-OH is 4. The summed E-state index contributed by atoms with van der Waals surface area (Å²) in [6, 6.07) is 0. The van der Waals surface area contributed by atoms with Crippen LogP contribution in [-0.4, -0.2) is 261 Å². The van der Waals surface area contributed by atoms with E-state index in [9.17, 15) is 30.3 Å². The molecule has 594 valence electrons. The number of rotatable bonds is 26. The van der Waals surface area contributed by atoms with Gasteiger partial charge in [-0.05, 0) is 148 Å². The third-order valence-electron chi connectivity index (χ3n) is 19.6. The second-order valence-electron chi connectivity index (χ2n) is 34.9. The molecule has 5 N–H and O–H groups in total. The summed E-state index contributed by atoms with van der Waals surface area (Å²) in [5.74, 6) is -3.75. The van der Waals surface area contributed by atoms with Crippen LogP contribution in [0.2, 0.25) is 36.3 Å². The van der Waals surface area contributed by atoms with Crippen LogP contribution in [0.25, 0.3) is 0 Å². The Morgan fingerprint density at radius 1 is 0.470 bits per heavy atom. The Bertz CT molecular complexity index is 2280. The van der Waals surface area contributed by atoms with Crippen LogP contribution >= 0.6 is 0 Å². The number of carbonyl (C=O) groups excluding carboxylic acids is 1. The standard InChI is InChI=1S/2C19H40O5Si.C13H24O5.C13H26O5.C9H14O5/c2*1-13(2)11-14(20)16(21-8)17-15(23-19(6,7)24-17)12-22-25(9,10)18(3,4)5;1-8(2)6-13(14)11(15-5)10-9(7-16-13)17-12(3,4)18-10;1-8(2)6-9(15)11(16-5)12-10(7-14)17-13(3,4)18-12;1-9(2)13-5-4-12-8(10)7(11-3)6(5)14-9/h2*13-17,20H,11-12H2,1-10H3;8-11,14H,6-7H2,1-5H3;8-12,14-15H,6-7H2,1-5H3;5-7H,4H2,1-3H3/t14-,15+,16+,17+;14-,15-,16-,17-;9-,10-,11+,13?;9?,10-,11-,12-;5-,6-,7+/m10000/s1. The zero-order chi connectivity index (χ0) is 77.1. The first-order valence-corrected chi connectivity index (χ1v) is 42.2. The third-order valence-corrected chi connectivity index (χ3v) is 28.6. The minimum Gasteiger partial charge on any atom is -0.461 e. The number of fused-ring (bicyclic) bond motifs is 2. The molecule has 25 nitrogen and oxygen atoms in total. The molecule has 0 saturated carbocycles. The fourth-order valence-electron chi connectivity index (χ4n) is 13.0. The molecule has 2 unspecified atom stereocenters. The highest BCUT2D eigenvalue weighted by atomic mass is 28.4. The van der Waals surface area contributed by atoms with Gasteiger partial charge in [0.2, 0.25) is 0 Å². The summed E-state index contributed by atoms with van der Waals surface area (Å²) in [6.07, 6.45) is -5.09. The summed E-state index contributed by atoms with van der Waals surface area (Å²) in [6.45, 7) is 58.6. The van der Waals surface area contributed by atoms with Crippen LogP contribution < -0.4 is 0 Å². The number of ether oxygens (including phenoxy) is 17.